The standard InChI is InChI=1S/C19H19N3O/c1-15(13-22-12-11-20-14-22)21-19(23)18-9-7-17(8-10-18)16-5-3-2-4-6-16/h2-12,14-15H,13H2,1H3,(H,21,23). The number of imidazole rings is 1. The second-order valence-corrected chi connectivity index (χ2v) is 5.58. The number of carbonyl (C=O) groups is 1. The Bertz CT molecular complexity index is 749. The predicted molar refractivity (Wildman–Crippen MR) is 91.0 cm³/mol. The van der Waals surface area contributed by atoms with Gasteiger partial charge in [-0.25, -0.2) is 4.98 Å². The van der Waals surface area contributed by atoms with E-state index in [1.807, 2.05) is 60.2 Å². The van der Waals surface area contributed by atoms with Gasteiger partial charge in [-0.3, -0.25) is 4.79 Å². The van der Waals surface area contributed by atoms with Crippen molar-refractivity contribution in [2.24, 2.45) is 0 Å². The van der Waals surface area contributed by atoms with Gasteiger partial charge >= 0.3 is 0 Å². The lowest BCUT2D eigenvalue weighted by atomic mass is 10.0. The van der Waals surface area contributed by atoms with E-state index in [-0.39, 0.29) is 11.9 Å². The Balaban J connectivity index is 1.63. The number of hydrogen-bond acceptors (Lipinski definition) is 2. The molecule has 3 aromatic rings. The first-order chi connectivity index (χ1) is 11.2. The van der Waals surface area contributed by atoms with Gasteiger partial charge in [0.1, 0.15) is 0 Å². The number of amides is 1. The molecular weight excluding hydrogens is 286 g/mol. The van der Waals surface area contributed by atoms with E-state index in [2.05, 4.69) is 22.4 Å². The first kappa shape index (κ1) is 15.0. The monoisotopic (exact) mass is 305 g/mol. The average Bonchev–Trinajstić information content (AvgIpc) is 3.08. The molecule has 1 atom stereocenters. The van der Waals surface area contributed by atoms with Crippen LogP contribution in [-0.2, 0) is 6.54 Å². The molecule has 4 nitrogen and oxygen atoms in total. The highest BCUT2D eigenvalue weighted by Crippen LogP contribution is 2.19. The van der Waals surface area contributed by atoms with E-state index in [4.69, 9.17) is 0 Å². The van der Waals surface area contributed by atoms with Crippen LogP contribution in [0.25, 0.3) is 11.1 Å². The van der Waals surface area contributed by atoms with Crippen LogP contribution in [0.4, 0.5) is 0 Å². The van der Waals surface area contributed by atoms with Gasteiger partial charge in [0.25, 0.3) is 5.91 Å². The molecule has 1 aromatic heterocycles. The van der Waals surface area contributed by atoms with Crippen LogP contribution >= 0.6 is 0 Å². The molecule has 1 heterocycles. The molecule has 23 heavy (non-hydrogen) atoms. The minimum absolute atomic E-state index is 0.0329. The van der Waals surface area contributed by atoms with Gasteiger partial charge in [0, 0.05) is 30.5 Å². The minimum atomic E-state index is -0.0581. The van der Waals surface area contributed by atoms with Gasteiger partial charge in [0.05, 0.1) is 6.33 Å². The Morgan fingerprint density at radius 1 is 1.09 bits per heavy atom. The molecular formula is C19H19N3O. The Morgan fingerprint density at radius 3 is 2.43 bits per heavy atom. The molecule has 0 aliphatic carbocycles. The lowest BCUT2D eigenvalue weighted by Gasteiger charge is -2.14. The number of benzene rings is 2. The fourth-order valence-corrected chi connectivity index (χ4v) is 2.51. The van der Waals surface area contributed by atoms with Crippen molar-refractivity contribution < 1.29 is 4.79 Å². The average molecular weight is 305 g/mol. The Morgan fingerprint density at radius 2 is 1.78 bits per heavy atom. The Labute approximate surface area is 135 Å². The van der Waals surface area contributed by atoms with Gasteiger partial charge in [-0.1, -0.05) is 42.5 Å². The summed E-state index contributed by atoms with van der Waals surface area (Å²) in [6.07, 6.45) is 5.37. The Kier molecular flexibility index (Phi) is 4.52. The molecule has 4 heteroatoms. The van der Waals surface area contributed by atoms with Crippen LogP contribution in [0.15, 0.2) is 73.3 Å². The maximum atomic E-state index is 12.3. The van der Waals surface area contributed by atoms with Crippen LogP contribution in [0.3, 0.4) is 0 Å². The minimum Gasteiger partial charge on any atom is -0.348 e. The molecule has 0 saturated carbocycles. The number of nitrogens with zero attached hydrogens (tertiary/aromatic N) is 2. The first-order valence-corrected chi connectivity index (χ1v) is 7.64. The third kappa shape index (κ3) is 3.86. The normalized spacial score (nSPS) is 11.9. The summed E-state index contributed by atoms with van der Waals surface area (Å²) in [5.41, 5.74) is 2.92. The van der Waals surface area contributed by atoms with Gasteiger partial charge in [0.2, 0.25) is 0 Å². The summed E-state index contributed by atoms with van der Waals surface area (Å²) in [7, 11) is 0. The molecule has 0 aliphatic heterocycles. The fraction of sp³-hybridized carbons (Fsp3) is 0.158. The van der Waals surface area contributed by atoms with Crippen LogP contribution < -0.4 is 5.32 Å². The van der Waals surface area contributed by atoms with Crippen LogP contribution in [0.2, 0.25) is 0 Å². The molecule has 0 aliphatic rings. The zero-order valence-electron chi connectivity index (χ0n) is 13.0. The lowest BCUT2D eigenvalue weighted by Crippen LogP contribution is -2.35. The Hall–Kier alpha value is -2.88. The highest BCUT2D eigenvalue weighted by Gasteiger charge is 2.10. The van der Waals surface area contributed by atoms with Crippen molar-refractivity contribution in [3.8, 4) is 11.1 Å². The smallest absolute Gasteiger partial charge is 0.251 e. The van der Waals surface area contributed by atoms with Crippen molar-refractivity contribution in [3.05, 3.63) is 78.9 Å². The molecule has 1 unspecified atom stereocenters. The molecule has 0 fully saturated rings. The summed E-state index contributed by atoms with van der Waals surface area (Å²) in [6.45, 7) is 2.68. The maximum absolute atomic E-state index is 12.3. The number of carbonyl (C=O) groups excluding carboxylic acids is 1. The lowest BCUT2D eigenvalue weighted by molar-refractivity contribution is 0.0936. The van der Waals surface area contributed by atoms with E-state index in [9.17, 15) is 4.79 Å². The van der Waals surface area contributed by atoms with Crippen LogP contribution in [0.5, 0.6) is 0 Å². The van der Waals surface area contributed by atoms with E-state index >= 15 is 0 Å². The van der Waals surface area contributed by atoms with Crippen molar-refractivity contribution in [2.75, 3.05) is 0 Å². The van der Waals surface area contributed by atoms with Gasteiger partial charge in [-0.15, -0.1) is 0 Å². The summed E-state index contributed by atoms with van der Waals surface area (Å²) in [5, 5.41) is 3.01. The van der Waals surface area contributed by atoms with Crippen LogP contribution in [0, 0.1) is 0 Å². The quantitative estimate of drug-likeness (QED) is 0.785. The van der Waals surface area contributed by atoms with Gasteiger partial charge in [0.15, 0.2) is 0 Å². The topological polar surface area (TPSA) is 46.9 Å². The second kappa shape index (κ2) is 6.92. The van der Waals surface area contributed by atoms with E-state index in [0.29, 0.717) is 12.1 Å². The van der Waals surface area contributed by atoms with Crippen LogP contribution in [0.1, 0.15) is 17.3 Å². The first-order valence-electron chi connectivity index (χ1n) is 7.64. The SMILES string of the molecule is CC(Cn1ccnc1)NC(=O)c1ccc(-c2ccccc2)cc1. The van der Waals surface area contributed by atoms with E-state index in [0.717, 1.165) is 11.1 Å². The van der Waals surface area contributed by atoms with Crippen molar-refractivity contribution in [1.82, 2.24) is 14.9 Å². The summed E-state index contributed by atoms with van der Waals surface area (Å²) < 4.78 is 1.95. The zero-order chi connectivity index (χ0) is 16.1. The highest BCUT2D eigenvalue weighted by molar-refractivity contribution is 5.94. The van der Waals surface area contributed by atoms with E-state index < -0.39 is 0 Å². The molecule has 1 N–H and O–H groups in total. The maximum Gasteiger partial charge on any atom is 0.251 e. The largest absolute Gasteiger partial charge is 0.348 e. The molecule has 0 bridgehead atoms. The zero-order valence-corrected chi connectivity index (χ0v) is 13.0. The predicted octanol–water partition coefficient (Wildman–Crippen LogP) is 3.37. The molecule has 0 radical (unpaired) electrons. The third-order valence-electron chi connectivity index (χ3n) is 3.68. The fourth-order valence-electron chi connectivity index (χ4n) is 2.51. The molecule has 3 rings (SSSR count). The van der Waals surface area contributed by atoms with E-state index in [1.54, 1.807) is 12.5 Å². The molecule has 0 saturated heterocycles. The molecule has 116 valence electrons. The highest BCUT2D eigenvalue weighted by atomic mass is 16.1. The summed E-state index contributed by atoms with van der Waals surface area (Å²) >= 11 is 0. The van der Waals surface area contributed by atoms with Crippen molar-refractivity contribution in [3.63, 3.8) is 0 Å². The van der Waals surface area contributed by atoms with Crippen LogP contribution in [-0.4, -0.2) is 21.5 Å². The molecule has 0 spiro atoms. The van der Waals surface area contributed by atoms with E-state index in [1.165, 1.54) is 0 Å². The van der Waals surface area contributed by atoms with Gasteiger partial charge in [-0.2, -0.15) is 0 Å². The summed E-state index contributed by atoms with van der Waals surface area (Å²) in [4.78, 5) is 16.3. The number of nitrogens with one attached hydrogen (secondary N) is 1. The number of rotatable bonds is 5. The molecule has 1 amide bonds. The third-order valence-corrected chi connectivity index (χ3v) is 3.68. The molecule has 2 aromatic carbocycles. The summed E-state index contributed by atoms with van der Waals surface area (Å²) in [6, 6.07) is 17.8. The summed E-state index contributed by atoms with van der Waals surface area (Å²) in [5.74, 6) is -0.0581. The van der Waals surface area contributed by atoms with Gasteiger partial charge < -0.3 is 9.88 Å². The number of aromatic nitrogens is 2. The van der Waals surface area contributed by atoms with Crippen molar-refractivity contribution in [1.29, 1.82) is 0 Å². The van der Waals surface area contributed by atoms with Crippen molar-refractivity contribution in [2.45, 2.75) is 19.5 Å². The van der Waals surface area contributed by atoms with Gasteiger partial charge in [-0.05, 0) is 30.2 Å². The van der Waals surface area contributed by atoms with Crippen molar-refractivity contribution >= 4 is 5.91 Å². The second-order valence-electron chi connectivity index (χ2n) is 5.58. The number of hydrogen-bond donors (Lipinski definition) is 1.